The number of carboxylic acids is 1. The molecule has 4 nitrogen and oxygen atoms in total. The van der Waals surface area contributed by atoms with Crippen molar-refractivity contribution in [1.82, 2.24) is 4.90 Å². The lowest BCUT2D eigenvalue weighted by atomic mass is 10.1. The molecule has 1 aromatic rings. The largest absolute Gasteiger partial charge is 0.481 e. The molecule has 17 heavy (non-hydrogen) atoms. The summed E-state index contributed by atoms with van der Waals surface area (Å²) in [5.74, 6) is -1.57. The molecule has 1 heterocycles. The summed E-state index contributed by atoms with van der Waals surface area (Å²) in [5.41, 5.74) is 0. The highest BCUT2D eigenvalue weighted by Crippen LogP contribution is 2.23. The SMILES string of the molecule is CC(CC(=O)O)C(=O)N(C)Cc1ccc(Br)s1. The van der Waals surface area contributed by atoms with Gasteiger partial charge in [-0.3, -0.25) is 9.59 Å². The van der Waals surface area contributed by atoms with E-state index in [1.165, 1.54) is 0 Å². The Balaban J connectivity index is 2.55. The number of carboxylic acid groups (broad SMARTS) is 1. The highest BCUT2D eigenvalue weighted by molar-refractivity contribution is 9.11. The molecule has 1 aromatic heterocycles. The molecule has 1 amide bonds. The summed E-state index contributed by atoms with van der Waals surface area (Å²) in [5, 5.41) is 8.63. The van der Waals surface area contributed by atoms with E-state index in [0.29, 0.717) is 6.54 Å². The summed E-state index contributed by atoms with van der Waals surface area (Å²) in [7, 11) is 1.69. The van der Waals surface area contributed by atoms with Crippen molar-refractivity contribution in [3.8, 4) is 0 Å². The summed E-state index contributed by atoms with van der Waals surface area (Å²) >= 11 is 4.92. The number of rotatable bonds is 5. The minimum atomic E-state index is -0.946. The van der Waals surface area contributed by atoms with Gasteiger partial charge >= 0.3 is 5.97 Å². The maximum atomic E-state index is 11.8. The maximum absolute atomic E-state index is 11.8. The summed E-state index contributed by atoms with van der Waals surface area (Å²) in [4.78, 5) is 25.0. The van der Waals surface area contributed by atoms with Crippen molar-refractivity contribution in [2.45, 2.75) is 19.9 Å². The fourth-order valence-electron chi connectivity index (χ4n) is 1.47. The second kappa shape index (κ2) is 6.16. The van der Waals surface area contributed by atoms with E-state index < -0.39 is 11.9 Å². The number of carbonyl (C=O) groups is 2. The van der Waals surface area contributed by atoms with E-state index in [2.05, 4.69) is 15.9 Å². The quantitative estimate of drug-likeness (QED) is 0.907. The Hall–Kier alpha value is -0.880. The van der Waals surface area contributed by atoms with Gasteiger partial charge in [-0.2, -0.15) is 0 Å². The predicted molar refractivity (Wildman–Crippen MR) is 69.9 cm³/mol. The molecule has 0 aromatic carbocycles. The molecule has 1 atom stereocenters. The van der Waals surface area contributed by atoms with Crippen LogP contribution in [0.25, 0.3) is 0 Å². The summed E-state index contributed by atoms with van der Waals surface area (Å²) in [6.07, 6.45) is -0.128. The first-order valence-corrected chi connectivity index (χ1v) is 6.72. The van der Waals surface area contributed by atoms with E-state index in [9.17, 15) is 9.59 Å². The van der Waals surface area contributed by atoms with E-state index in [1.807, 2.05) is 12.1 Å². The van der Waals surface area contributed by atoms with Gasteiger partial charge in [0.2, 0.25) is 5.91 Å². The Bertz CT molecular complexity index is 419. The first-order valence-electron chi connectivity index (χ1n) is 5.11. The third kappa shape index (κ3) is 4.47. The number of hydrogen-bond donors (Lipinski definition) is 1. The van der Waals surface area contributed by atoms with Gasteiger partial charge in [0.15, 0.2) is 0 Å². The van der Waals surface area contributed by atoms with Gasteiger partial charge in [0.25, 0.3) is 0 Å². The molecule has 1 N–H and O–H groups in total. The van der Waals surface area contributed by atoms with Crippen LogP contribution in [0.15, 0.2) is 15.9 Å². The van der Waals surface area contributed by atoms with Crippen LogP contribution in [-0.4, -0.2) is 28.9 Å². The zero-order valence-electron chi connectivity index (χ0n) is 9.64. The van der Waals surface area contributed by atoms with Crippen LogP contribution in [-0.2, 0) is 16.1 Å². The van der Waals surface area contributed by atoms with Gasteiger partial charge in [0, 0.05) is 17.8 Å². The smallest absolute Gasteiger partial charge is 0.304 e. The van der Waals surface area contributed by atoms with Crippen LogP contribution in [0.2, 0.25) is 0 Å². The molecule has 0 aliphatic rings. The molecule has 0 aliphatic heterocycles. The van der Waals surface area contributed by atoms with Crippen molar-refractivity contribution in [1.29, 1.82) is 0 Å². The number of aliphatic carboxylic acids is 1. The van der Waals surface area contributed by atoms with Crippen LogP contribution in [0.1, 0.15) is 18.2 Å². The maximum Gasteiger partial charge on any atom is 0.304 e. The second-order valence-electron chi connectivity index (χ2n) is 3.90. The van der Waals surface area contributed by atoms with Crippen molar-refractivity contribution >= 4 is 39.1 Å². The van der Waals surface area contributed by atoms with Crippen molar-refractivity contribution in [3.05, 3.63) is 20.8 Å². The van der Waals surface area contributed by atoms with Gasteiger partial charge in [-0.1, -0.05) is 6.92 Å². The van der Waals surface area contributed by atoms with Crippen molar-refractivity contribution in [3.63, 3.8) is 0 Å². The minimum Gasteiger partial charge on any atom is -0.481 e. The molecule has 0 saturated heterocycles. The van der Waals surface area contributed by atoms with Crippen LogP contribution in [0.4, 0.5) is 0 Å². The van der Waals surface area contributed by atoms with Crippen LogP contribution >= 0.6 is 27.3 Å². The van der Waals surface area contributed by atoms with Crippen LogP contribution in [0.3, 0.4) is 0 Å². The number of nitrogens with zero attached hydrogens (tertiary/aromatic N) is 1. The molecule has 0 bridgehead atoms. The Morgan fingerprint density at radius 1 is 1.53 bits per heavy atom. The van der Waals surface area contributed by atoms with Gasteiger partial charge in [-0.25, -0.2) is 0 Å². The molecular weight excluding hydrogens is 306 g/mol. The Morgan fingerprint density at radius 3 is 2.65 bits per heavy atom. The van der Waals surface area contributed by atoms with E-state index in [4.69, 9.17) is 5.11 Å². The Morgan fingerprint density at radius 2 is 2.18 bits per heavy atom. The van der Waals surface area contributed by atoms with Gasteiger partial charge in [-0.15, -0.1) is 11.3 Å². The fraction of sp³-hybridized carbons (Fsp3) is 0.455. The van der Waals surface area contributed by atoms with E-state index >= 15 is 0 Å². The second-order valence-corrected chi connectivity index (χ2v) is 6.45. The van der Waals surface area contributed by atoms with Crippen LogP contribution in [0, 0.1) is 5.92 Å². The zero-order chi connectivity index (χ0) is 13.0. The lowest BCUT2D eigenvalue weighted by molar-refractivity contribution is -0.143. The Kier molecular flexibility index (Phi) is 5.14. The molecule has 1 rings (SSSR count). The molecule has 0 aliphatic carbocycles. The molecule has 1 unspecified atom stereocenters. The van der Waals surface area contributed by atoms with E-state index in [0.717, 1.165) is 8.66 Å². The molecule has 0 saturated carbocycles. The Labute approximate surface area is 112 Å². The average molecular weight is 320 g/mol. The van der Waals surface area contributed by atoms with Crippen molar-refractivity contribution in [2.75, 3.05) is 7.05 Å². The van der Waals surface area contributed by atoms with E-state index in [1.54, 1.807) is 30.2 Å². The molecular formula is C11H14BrNO3S. The number of thiophene rings is 1. The number of hydrogen-bond acceptors (Lipinski definition) is 3. The van der Waals surface area contributed by atoms with Crippen LogP contribution in [0.5, 0.6) is 0 Å². The zero-order valence-corrected chi connectivity index (χ0v) is 12.0. The monoisotopic (exact) mass is 319 g/mol. The molecule has 0 spiro atoms. The highest BCUT2D eigenvalue weighted by atomic mass is 79.9. The molecule has 0 radical (unpaired) electrons. The fourth-order valence-corrected chi connectivity index (χ4v) is 3.01. The van der Waals surface area contributed by atoms with Gasteiger partial charge < -0.3 is 10.0 Å². The third-order valence-corrected chi connectivity index (χ3v) is 3.91. The topological polar surface area (TPSA) is 57.6 Å². The van der Waals surface area contributed by atoms with E-state index in [-0.39, 0.29) is 12.3 Å². The standard InChI is InChI=1S/C11H14BrNO3S/c1-7(5-10(14)15)11(16)13(2)6-8-3-4-9(12)17-8/h3-4,7H,5-6H2,1-2H3,(H,14,15). The normalized spacial score (nSPS) is 12.2. The predicted octanol–water partition coefficient (Wildman–Crippen LogP) is 2.58. The number of carbonyl (C=O) groups excluding carboxylic acids is 1. The third-order valence-electron chi connectivity index (χ3n) is 2.30. The molecule has 6 heteroatoms. The van der Waals surface area contributed by atoms with Gasteiger partial charge in [-0.05, 0) is 28.1 Å². The van der Waals surface area contributed by atoms with Crippen molar-refractivity contribution in [2.24, 2.45) is 5.92 Å². The molecule has 0 fully saturated rings. The van der Waals surface area contributed by atoms with Crippen LogP contribution < -0.4 is 0 Å². The lowest BCUT2D eigenvalue weighted by Crippen LogP contribution is -2.32. The van der Waals surface area contributed by atoms with Gasteiger partial charge in [0.1, 0.15) is 0 Å². The first kappa shape index (κ1) is 14.2. The lowest BCUT2D eigenvalue weighted by Gasteiger charge is -2.19. The first-order chi connectivity index (χ1) is 7.90. The van der Waals surface area contributed by atoms with Crippen molar-refractivity contribution < 1.29 is 14.7 Å². The average Bonchev–Trinajstić information content (AvgIpc) is 2.61. The summed E-state index contributed by atoms with van der Waals surface area (Å²) in [6.45, 7) is 2.15. The van der Waals surface area contributed by atoms with Gasteiger partial charge in [0.05, 0.1) is 16.8 Å². The number of halogens is 1. The summed E-state index contributed by atoms with van der Waals surface area (Å²) in [6, 6.07) is 3.87. The summed E-state index contributed by atoms with van der Waals surface area (Å²) < 4.78 is 1.02. The highest BCUT2D eigenvalue weighted by Gasteiger charge is 2.20. The number of amides is 1. The minimum absolute atomic E-state index is 0.128. The molecule has 94 valence electrons.